The SMILES string of the molecule is Cc1ccc(NC(=O)CSc2nc3sc4c(c3c(=O)n2C)CCCC4)cc1Cl. The first-order chi connectivity index (χ1) is 13.4. The first-order valence-corrected chi connectivity index (χ1v) is 11.3. The van der Waals surface area contributed by atoms with Gasteiger partial charge in [-0.1, -0.05) is 29.4 Å². The van der Waals surface area contributed by atoms with Crippen LogP contribution in [-0.4, -0.2) is 21.2 Å². The molecule has 0 spiro atoms. The molecule has 0 fully saturated rings. The van der Waals surface area contributed by atoms with Crippen LogP contribution >= 0.6 is 34.7 Å². The average Bonchev–Trinajstić information content (AvgIpc) is 3.05. The van der Waals surface area contributed by atoms with Crippen molar-refractivity contribution in [2.45, 2.75) is 37.8 Å². The van der Waals surface area contributed by atoms with Crippen LogP contribution in [0, 0.1) is 6.92 Å². The summed E-state index contributed by atoms with van der Waals surface area (Å²) in [4.78, 5) is 32.0. The van der Waals surface area contributed by atoms with E-state index in [0.29, 0.717) is 15.9 Å². The van der Waals surface area contributed by atoms with Crippen molar-refractivity contribution in [2.24, 2.45) is 7.05 Å². The molecular weight excluding hydrogens is 414 g/mol. The number of fused-ring (bicyclic) bond motifs is 3. The minimum atomic E-state index is -0.162. The number of nitrogens with one attached hydrogen (secondary N) is 1. The predicted molar refractivity (Wildman–Crippen MR) is 117 cm³/mol. The van der Waals surface area contributed by atoms with E-state index in [9.17, 15) is 9.59 Å². The summed E-state index contributed by atoms with van der Waals surface area (Å²) in [5, 5.41) is 4.78. The molecule has 0 saturated carbocycles. The van der Waals surface area contributed by atoms with Crippen LogP contribution < -0.4 is 10.9 Å². The zero-order valence-electron chi connectivity index (χ0n) is 15.7. The highest BCUT2D eigenvalue weighted by Gasteiger charge is 2.21. The van der Waals surface area contributed by atoms with E-state index >= 15 is 0 Å². The lowest BCUT2D eigenvalue weighted by Crippen LogP contribution is -2.22. The van der Waals surface area contributed by atoms with Gasteiger partial charge in [-0.3, -0.25) is 14.2 Å². The molecule has 0 saturated heterocycles. The maximum Gasteiger partial charge on any atom is 0.262 e. The summed E-state index contributed by atoms with van der Waals surface area (Å²) in [7, 11) is 1.72. The Labute approximate surface area is 176 Å². The van der Waals surface area contributed by atoms with E-state index in [1.165, 1.54) is 28.6 Å². The van der Waals surface area contributed by atoms with Gasteiger partial charge in [-0.2, -0.15) is 0 Å². The minimum absolute atomic E-state index is 0.0161. The lowest BCUT2D eigenvalue weighted by molar-refractivity contribution is -0.113. The number of rotatable bonds is 4. The fourth-order valence-corrected chi connectivity index (χ4v) is 5.65. The standard InChI is InChI=1S/C20H20ClN3O2S2/c1-11-7-8-12(9-14(11)21)22-16(25)10-27-20-23-18-17(19(26)24(20)2)13-5-3-4-6-15(13)28-18/h7-9H,3-6,10H2,1-2H3,(H,22,25). The number of benzene rings is 1. The topological polar surface area (TPSA) is 64.0 Å². The summed E-state index contributed by atoms with van der Waals surface area (Å²) < 4.78 is 1.56. The maximum absolute atomic E-state index is 12.9. The number of anilines is 1. The lowest BCUT2D eigenvalue weighted by atomic mass is 9.97. The Kier molecular flexibility index (Phi) is 5.49. The number of halogens is 1. The van der Waals surface area contributed by atoms with Gasteiger partial charge < -0.3 is 5.32 Å². The minimum Gasteiger partial charge on any atom is -0.325 e. The Bertz CT molecular complexity index is 1140. The van der Waals surface area contributed by atoms with Crippen molar-refractivity contribution in [3.63, 3.8) is 0 Å². The molecule has 1 aliphatic rings. The molecule has 5 nitrogen and oxygen atoms in total. The Morgan fingerprint density at radius 2 is 2.14 bits per heavy atom. The van der Waals surface area contributed by atoms with Crippen LogP contribution in [0.1, 0.15) is 28.8 Å². The summed E-state index contributed by atoms with van der Waals surface area (Å²) in [6.07, 6.45) is 4.29. The fraction of sp³-hybridized carbons (Fsp3) is 0.350. The molecule has 2 heterocycles. The number of amides is 1. The second-order valence-corrected chi connectivity index (χ2v) is 9.38. The number of aromatic nitrogens is 2. The van der Waals surface area contributed by atoms with Gasteiger partial charge in [-0.25, -0.2) is 4.98 Å². The van der Waals surface area contributed by atoms with Gasteiger partial charge in [0.05, 0.1) is 11.1 Å². The third-order valence-corrected chi connectivity index (χ3v) is 7.57. The molecule has 1 aromatic carbocycles. The van der Waals surface area contributed by atoms with Crippen LogP contribution in [-0.2, 0) is 24.7 Å². The normalized spacial score (nSPS) is 13.5. The molecule has 2 aromatic heterocycles. The highest BCUT2D eigenvalue weighted by molar-refractivity contribution is 7.99. The molecule has 0 unspecified atom stereocenters. The highest BCUT2D eigenvalue weighted by Crippen LogP contribution is 2.34. The van der Waals surface area contributed by atoms with Gasteiger partial charge >= 0.3 is 0 Å². The van der Waals surface area contributed by atoms with E-state index in [1.807, 2.05) is 19.1 Å². The van der Waals surface area contributed by atoms with Crippen molar-refractivity contribution in [2.75, 3.05) is 11.1 Å². The number of carbonyl (C=O) groups excluding carboxylic acids is 1. The predicted octanol–water partition coefficient (Wildman–Crippen LogP) is 4.57. The fourth-order valence-electron chi connectivity index (χ4n) is 3.39. The summed E-state index contributed by atoms with van der Waals surface area (Å²) in [6.45, 7) is 1.91. The van der Waals surface area contributed by atoms with Crippen LogP contribution in [0.15, 0.2) is 28.2 Å². The average molecular weight is 434 g/mol. The molecule has 0 radical (unpaired) electrons. The number of hydrogen-bond acceptors (Lipinski definition) is 5. The molecule has 1 N–H and O–H groups in total. The molecule has 0 atom stereocenters. The van der Waals surface area contributed by atoms with Gasteiger partial charge in [0.1, 0.15) is 4.83 Å². The van der Waals surface area contributed by atoms with Crippen LogP contribution in [0.25, 0.3) is 10.2 Å². The Morgan fingerprint density at radius 1 is 1.36 bits per heavy atom. The lowest BCUT2D eigenvalue weighted by Gasteiger charge is -2.11. The van der Waals surface area contributed by atoms with Crippen LogP contribution in [0.5, 0.6) is 0 Å². The molecule has 1 aliphatic carbocycles. The van der Waals surface area contributed by atoms with Crippen molar-refractivity contribution < 1.29 is 4.79 Å². The van der Waals surface area contributed by atoms with Crippen LogP contribution in [0.4, 0.5) is 5.69 Å². The first-order valence-electron chi connectivity index (χ1n) is 9.14. The second kappa shape index (κ2) is 7.89. The van der Waals surface area contributed by atoms with Gasteiger partial charge in [-0.05, 0) is 55.9 Å². The summed E-state index contributed by atoms with van der Waals surface area (Å²) in [5.74, 6) is 0.00674. The molecule has 28 heavy (non-hydrogen) atoms. The smallest absolute Gasteiger partial charge is 0.262 e. The monoisotopic (exact) mass is 433 g/mol. The first kappa shape index (κ1) is 19.5. The molecular formula is C20H20ClN3O2S2. The highest BCUT2D eigenvalue weighted by atomic mass is 35.5. The zero-order valence-corrected chi connectivity index (χ0v) is 18.1. The van der Waals surface area contributed by atoms with Gasteiger partial charge in [0.25, 0.3) is 5.56 Å². The summed E-state index contributed by atoms with van der Waals surface area (Å²) in [6, 6.07) is 5.42. The number of nitrogens with zero attached hydrogens (tertiary/aromatic N) is 2. The van der Waals surface area contributed by atoms with Crippen molar-refractivity contribution >= 4 is 56.5 Å². The quantitative estimate of drug-likeness (QED) is 0.483. The third-order valence-electron chi connectivity index (χ3n) is 4.94. The van der Waals surface area contributed by atoms with E-state index in [4.69, 9.17) is 11.6 Å². The number of aryl methyl sites for hydroxylation is 3. The van der Waals surface area contributed by atoms with Gasteiger partial charge in [0.2, 0.25) is 5.91 Å². The molecule has 4 rings (SSSR count). The Morgan fingerprint density at radius 3 is 2.93 bits per heavy atom. The number of thioether (sulfide) groups is 1. The molecule has 8 heteroatoms. The van der Waals surface area contributed by atoms with E-state index in [1.54, 1.807) is 29.0 Å². The summed E-state index contributed by atoms with van der Waals surface area (Å²) >= 11 is 9.00. The van der Waals surface area contributed by atoms with E-state index < -0.39 is 0 Å². The molecule has 146 valence electrons. The molecule has 0 aliphatic heterocycles. The third kappa shape index (κ3) is 3.71. The van der Waals surface area contributed by atoms with Crippen molar-refractivity contribution in [3.05, 3.63) is 49.6 Å². The number of hydrogen-bond donors (Lipinski definition) is 1. The Hall–Kier alpha value is -1.83. The largest absolute Gasteiger partial charge is 0.325 e. The van der Waals surface area contributed by atoms with Crippen LogP contribution in [0.3, 0.4) is 0 Å². The van der Waals surface area contributed by atoms with E-state index in [-0.39, 0.29) is 17.2 Å². The maximum atomic E-state index is 12.9. The van der Waals surface area contributed by atoms with Gasteiger partial charge in [0, 0.05) is 22.6 Å². The van der Waals surface area contributed by atoms with Crippen molar-refractivity contribution in [3.8, 4) is 0 Å². The zero-order chi connectivity index (χ0) is 19.8. The Balaban J connectivity index is 1.53. The van der Waals surface area contributed by atoms with E-state index in [2.05, 4.69) is 10.3 Å². The van der Waals surface area contributed by atoms with E-state index in [0.717, 1.165) is 35.0 Å². The van der Waals surface area contributed by atoms with Crippen molar-refractivity contribution in [1.29, 1.82) is 0 Å². The van der Waals surface area contributed by atoms with Gasteiger partial charge in [-0.15, -0.1) is 11.3 Å². The van der Waals surface area contributed by atoms with Crippen LogP contribution in [0.2, 0.25) is 5.02 Å². The van der Waals surface area contributed by atoms with Crippen molar-refractivity contribution in [1.82, 2.24) is 9.55 Å². The second-order valence-electron chi connectivity index (χ2n) is 6.95. The number of carbonyl (C=O) groups is 1. The van der Waals surface area contributed by atoms with Gasteiger partial charge in [0.15, 0.2) is 5.16 Å². The molecule has 0 bridgehead atoms. The molecule has 1 amide bonds. The summed E-state index contributed by atoms with van der Waals surface area (Å²) in [5.41, 5.74) is 2.78. The number of thiophene rings is 1. The molecule has 3 aromatic rings.